The average molecular weight is 471 g/mol. The Labute approximate surface area is 195 Å². The third-order valence-electron chi connectivity index (χ3n) is 5.49. The van der Waals surface area contributed by atoms with Gasteiger partial charge in [-0.05, 0) is 73.9 Å². The Kier molecular flexibility index (Phi) is 7.39. The third kappa shape index (κ3) is 5.57. The van der Waals surface area contributed by atoms with Crippen LogP contribution in [0.5, 0.6) is 0 Å². The number of amides is 1. The van der Waals surface area contributed by atoms with E-state index in [1.54, 1.807) is 55.6 Å². The highest BCUT2D eigenvalue weighted by molar-refractivity contribution is 7.89. The van der Waals surface area contributed by atoms with Crippen molar-refractivity contribution >= 4 is 33.2 Å². The van der Waals surface area contributed by atoms with Crippen LogP contribution in [-0.4, -0.2) is 32.2 Å². The molecule has 3 rings (SSSR count). The molecule has 5 nitrogen and oxygen atoms in total. The van der Waals surface area contributed by atoms with Gasteiger partial charge < -0.3 is 4.90 Å². The number of nitrogens with zero attached hydrogens (tertiary/aromatic N) is 2. The highest BCUT2D eigenvalue weighted by Gasteiger charge is 2.28. The number of likely N-dealkylation sites (N-methyl/N-ethyl adjacent to an activating group) is 1. The van der Waals surface area contributed by atoms with Gasteiger partial charge in [0.1, 0.15) is 0 Å². The first-order valence-electron chi connectivity index (χ1n) is 10.2. The highest BCUT2D eigenvalue weighted by Crippen LogP contribution is 2.22. The predicted octanol–water partition coefficient (Wildman–Crippen LogP) is 5.12. The Morgan fingerprint density at radius 2 is 1.50 bits per heavy atom. The van der Waals surface area contributed by atoms with Crippen molar-refractivity contribution in [1.82, 2.24) is 4.31 Å². The molecule has 0 aliphatic rings. The first kappa shape index (κ1) is 24.0. The summed E-state index contributed by atoms with van der Waals surface area (Å²) in [6.45, 7) is 5.64. The molecule has 0 aromatic heterocycles. The lowest BCUT2D eigenvalue weighted by molar-refractivity contribution is -0.118. The van der Waals surface area contributed by atoms with Gasteiger partial charge in [0.2, 0.25) is 15.9 Å². The second kappa shape index (κ2) is 9.86. The van der Waals surface area contributed by atoms with Crippen LogP contribution >= 0.6 is 11.6 Å². The maximum Gasteiger partial charge on any atom is 0.243 e. The molecule has 0 spiro atoms. The monoisotopic (exact) mass is 470 g/mol. The number of anilines is 1. The molecular weight excluding hydrogens is 444 g/mol. The molecule has 32 heavy (non-hydrogen) atoms. The number of hydrogen-bond acceptors (Lipinski definition) is 3. The molecule has 7 heteroatoms. The summed E-state index contributed by atoms with van der Waals surface area (Å²) in [6.07, 6.45) is 0. The average Bonchev–Trinajstić information content (AvgIpc) is 2.76. The number of carbonyl (C=O) groups excluding carboxylic acids is 1. The van der Waals surface area contributed by atoms with E-state index in [1.807, 2.05) is 39.0 Å². The fraction of sp³-hybridized carbons (Fsp3) is 0.240. The lowest BCUT2D eigenvalue weighted by atomic mass is 10.1. The molecule has 0 aliphatic heterocycles. The summed E-state index contributed by atoms with van der Waals surface area (Å²) < 4.78 is 28.1. The first-order chi connectivity index (χ1) is 15.1. The van der Waals surface area contributed by atoms with Crippen molar-refractivity contribution in [3.05, 3.63) is 94.0 Å². The van der Waals surface area contributed by atoms with Crippen LogP contribution in [0.1, 0.15) is 22.3 Å². The maximum absolute atomic E-state index is 13.4. The van der Waals surface area contributed by atoms with Crippen molar-refractivity contribution in [1.29, 1.82) is 0 Å². The molecular formula is C25H27ClN2O3S. The van der Waals surface area contributed by atoms with Gasteiger partial charge in [-0.1, -0.05) is 47.5 Å². The van der Waals surface area contributed by atoms with Crippen molar-refractivity contribution in [3.63, 3.8) is 0 Å². The van der Waals surface area contributed by atoms with Crippen LogP contribution in [0.2, 0.25) is 5.02 Å². The van der Waals surface area contributed by atoms with E-state index in [0.717, 1.165) is 27.9 Å². The molecule has 0 N–H and O–H groups in total. The molecule has 0 saturated carbocycles. The molecule has 168 valence electrons. The number of aryl methyl sites for hydroxylation is 3. The zero-order valence-corrected chi connectivity index (χ0v) is 20.2. The summed E-state index contributed by atoms with van der Waals surface area (Å²) in [6, 6.07) is 19.3. The molecule has 0 fully saturated rings. The summed E-state index contributed by atoms with van der Waals surface area (Å²) >= 11 is 5.97. The first-order valence-corrected chi connectivity index (χ1v) is 12.0. The van der Waals surface area contributed by atoms with Crippen LogP contribution in [0.15, 0.2) is 71.6 Å². The van der Waals surface area contributed by atoms with E-state index < -0.39 is 10.0 Å². The van der Waals surface area contributed by atoms with Crippen molar-refractivity contribution in [2.75, 3.05) is 18.5 Å². The van der Waals surface area contributed by atoms with Gasteiger partial charge in [0, 0.05) is 24.3 Å². The molecule has 0 aliphatic carbocycles. The van der Waals surface area contributed by atoms with Gasteiger partial charge >= 0.3 is 0 Å². The summed E-state index contributed by atoms with van der Waals surface area (Å²) in [5, 5.41) is 0.562. The Morgan fingerprint density at radius 1 is 0.875 bits per heavy atom. The molecule has 0 bridgehead atoms. The molecule has 3 aromatic rings. The van der Waals surface area contributed by atoms with Gasteiger partial charge in [-0.3, -0.25) is 4.79 Å². The third-order valence-corrected chi connectivity index (χ3v) is 7.55. The molecule has 0 radical (unpaired) electrons. The van der Waals surface area contributed by atoms with Crippen LogP contribution in [0.4, 0.5) is 5.69 Å². The smallest absolute Gasteiger partial charge is 0.243 e. The van der Waals surface area contributed by atoms with Crippen LogP contribution in [0.3, 0.4) is 0 Å². The standard InChI is InChI=1S/C25H27ClN2O3S/c1-18-5-13-24(14-6-18)32(30,31)28(16-21-8-10-22(26)11-9-21)17-25(29)27(4)23-12-7-19(2)20(3)15-23/h5-15H,16-17H2,1-4H3. The molecule has 3 aromatic carbocycles. The summed E-state index contributed by atoms with van der Waals surface area (Å²) in [5.41, 5.74) is 4.61. The number of halogens is 1. The summed E-state index contributed by atoms with van der Waals surface area (Å²) in [5.74, 6) is -0.321. The van der Waals surface area contributed by atoms with Crippen LogP contribution in [0, 0.1) is 20.8 Å². The lowest BCUT2D eigenvalue weighted by Crippen LogP contribution is -2.41. The Hall–Kier alpha value is -2.67. The van der Waals surface area contributed by atoms with E-state index in [1.165, 1.54) is 9.21 Å². The Balaban J connectivity index is 1.92. The zero-order chi connectivity index (χ0) is 23.5. The van der Waals surface area contributed by atoms with Gasteiger partial charge in [0.15, 0.2) is 0 Å². The normalized spacial score (nSPS) is 11.6. The number of carbonyl (C=O) groups is 1. The number of sulfonamides is 1. The Bertz CT molecular complexity index is 1210. The fourth-order valence-electron chi connectivity index (χ4n) is 3.21. The predicted molar refractivity (Wildman–Crippen MR) is 130 cm³/mol. The minimum atomic E-state index is -3.90. The van der Waals surface area contributed by atoms with Gasteiger partial charge in [-0.25, -0.2) is 8.42 Å². The largest absolute Gasteiger partial charge is 0.314 e. The quantitative estimate of drug-likeness (QED) is 0.481. The topological polar surface area (TPSA) is 57.7 Å². The number of rotatable bonds is 7. The van der Waals surface area contributed by atoms with E-state index >= 15 is 0 Å². The Morgan fingerprint density at radius 3 is 2.09 bits per heavy atom. The minimum Gasteiger partial charge on any atom is -0.314 e. The molecule has 1 amide bonds. The molecule has 0 atom stereocenters. The van der Waals surface area contributed by atoms with Crippen molar-refractivity contribution in [2.45, 2.75) is 32.2 Å². The van der Waals surface area contributed by atoms with Crippen LogP contribution in [-0.2, 0) is 21.4 Å². The molecule has 0 saturated heterocycles. The zero-order valence-electron chi connectivity index (χ0n) is 18.7. The second-order valence-electron chi connectivity index (χ2n) is 7.93. The van der Waals surface area contributed by atoms with Crippen molar-refractivity contribution < 1.29 is 13.2 Å². The van der Waals surface area contributed by atoms with Gasteiger partial charge in [0.05, 0.1) is 11.4 Å². The number of benzene rings is 3. The van der Waals surface area contributed by atoms with E-state index in [2.05, 4.69) is 0 Å². The van der Waals surface area contributed by atoms with Crippen LogP contribution in [0.25, 0.3) is 0 Å². The lowest BCUT2D eigenvalue weighted by Gasteiger charge is -2.25. The van der Waals surface area contributed by atoms with E-state index in [9.17, 15) is 13.2 Å². The SMILES string of the molecule is Cc1ccc(S(=O)(=O)N(CC(=O)N(C)c2ccc(C)c(C)c2)Cc2ccc(Cl)cc2)cc1. The highest BCUT2D eigenvalue weighted by atomic mass is 35.5. The minimum absolute atomic E-state index is 0.0554. The summed E-state index contributed by atoms with van der Waals surface area (Å²) in [4.78, 5) is 14.8. The van der Waals surface area contributed by atoms with E-state index in [-0.39, 0.29) is 23.9 Å². The summed E-state index contributed by atoms with van der Waals surface area (Å²) in [7, 11) is -2.24. The maximum atomic E-state index is 13.4. The molecule has 0 unspecified atom stereocenters. The van der Waals surface area contributed by atoms with Gasteiger partial charge in [-0.15, -0.1) is 0 Å². The van der Waals surface area contributed by atoms with Crippen LogP contribution < -0.4 is 4.90 Å². The van der Waals surface area contributed by atoms with E-state index in [4.69, 9.17) is 11.6 Å². The van der Waals surface area contributed by atoms with Gasteiger partial charge in [0.25, 0.3) is 0 Å². The number of hydrogen-bond donors (Lipinski definition) is 0. The van der Waals surface area contributed by atoms with E-state index in [0.29, 0.717) is 5.02 Å². The fourth-order valence-corrected chi connectivity index (χ4v) is 4.72. The van der Waals surface area contributed by atoms with Gasteiger partial charge in [-0.2, -0.15) is 4.31 Å². The molecule has 0 heterocycles. The second-order valence-corrected chi connectivity index (χ2v) is 10.3. The van der Waals surface area contributed by atoms with Crippen molar-refractivity contribution in [2.24, 2.45) is 0 Å². The van der Waals surface area contributed by atoms with Crippen molar-refractivity contribution in [3.8, 4) is 0 Å².